The number of aromatic nitrogens is 1. The van der Waals surface area contributed by atoms with Gasteiger partial charge in [-0.15, -0.1) is 0 Å². The van der Waals surface area contributed by atoms with Gasteiger partial charge in [0.1, 0.15) is 6.07 Å². The molecule has 4 heteroatoms. The topological polar surface area (TPSA) is 55.1 Å². The summed E-state index contributed by atoms with van der Waals surface area (Å²) in [6.07, 6.45) is 1.15. The lowest BCUT2D eigenvalue weighted by Crippen LogP contribution is -2.25. The number of nitrogens with zero attached hydrogens (tertiary/aromatic N) is 2. The van der Waals surface area contributed by atoms with E-state index in [2.05, 4.69) is 11.9 Å². The summed E-state index contributed by atoms with van der Waals surface area (Å²) in [4.78, 5) is 4.13. The average Bonchev–Trinajstić information content (AvgIpc) is 2.30. The van der Waals surface area contributed by atoms with E-state index in [0.717, 1.165) is 5.69 Å². The smallest absolute Gasteiger partial charge is 0.201 e. The summed E-state index contributed by atoms with van der Waals surface area (Å²) in [5.74, 6) is 0.430. The maximum Gasteiger partial charge on any atom is 0.201 e. The molecule has 0 aliphatic carbocycles. The Balaban J connectivity index is 2.07. The Bertz CT molecular complexity index is 361. The zero-order valence-electron chi connectivity index (χ0n) is 8.51. The van der Waals surface area contributed by atoms with Crippen molar-refractivity contribution in [3.05, 3.63) is 29.6 Å². The molecule has 0 spiro atoms. The van der Waals surface area contributed by atoms with Crippen molar-refractivity contribution < 1.29 is 9.47 Å². The fourth-order valence-corrected chi connectivity index (χ4v) is 1.38. The molecular weight excluding hydrogens is 192 g/mol. The average molecular weight is 204 g/mol. The summed E-state index contributed by atoms with van der Waals surface area (Å²) in [5, 5.41) is 8.62. The fourth-order valence-electron chi connectivity index (χ4n) is 1.38. The van der Waals surface area contributed by atoms with Crippen LogP contribution in [0.25, 0.3) is 0 Å². The molecule has 1 aromatic heterocycles. The molecular formula is C11H12N2O2. The van der Waals surface area contributed by atoms with Crippen LogP contribution in [0, 0.1) is 17.2 Å². The maximum absolute atomic E-state index is 8.62. The minimum absolute atomic E-state index is 0.381. The second kappa shape index (κ2) is 4.39. The van der Waals surface area contributed by atoms with Crippen LogP contribution in [-0.4, -0.2) is 18.2 Å². The van der Waals surface area contributed by atoms with E-state index in [1.807, 2.05) is 6.07 Å². The molecule has 1 aliphatic heterocycles. The molecule has 0 N–H and O–H groups in total. The Hall–Kier alpha value is -1.44. The first-order valence-electron chi connectivity index (χ1n) is 4.89. The van der Waals surface area contributed by atoms with Crippen molar-refractivity contribution in [1.29, 1.82) is 5.26 Å². The van der Waals surface area contributed by atoms with E-state index in [1.165, 1.54) is 6.20 Å². The van der Waals surface area contributed by atoms with Crippen molar-refractivity contribution in [3.63, 3.8) is 0 Å². The van der Waals surface area contributed by atoms with Crippen molar-refractivity contribution >= 4 is 0 Å². The molecule has 1 aromatic rings. The summed E-state index contributed by atoms with van der Waals surface area (Å²) in [7, 11) is 0. The summed E-state index contributed by atoms with van der Waals surface area (Å²) < 4.78 is 11.0. The molecule has 1 saturated heterocycles. The molecule has 0 saturated carbocycles. The highest BCUT2D eigenvalue weighted by molar-refractivity contribution is 5.26. The van der Waals surface area contributed by atoms with Gasteiger partial charge >= 0.3 is 0 Å². The number of pyridine rings is 1. The lowest BCUT2D eigenvalue weighted by Gasteiger charge is -2.26. The van der Waals surface area contributed by atoms with Crippen LogP contribution in [0.3, 0.4) is 0 Å². The quantitative estimate of drug-likeness (QED) is 0.697. The SMILES string of the molecule is CC1COC(c2ccc(C#N)cn2)OC1. The molecule has 78 valence electrons. The molecule has 15 heavy (non-hydrogen) atoms. The predicted octanol–water partition coefficient (Wildman–Crippen LogP) is 1.63. The fraction of sp³-hybridized carbons (Fsp3) is 0.455. The number of nitriles is 1. The highest BCUT2D eigenvalue weighted by Gasteiger charge is 2.21. The van der Waals surface area contributed by atoms with E-state index < -0.39 is 0 Å². The van der Waals surface area contributed by atoms with Gasteiger partial charge < -0.3 is 9.47 Å². The number of ether oxygens (including phenoxy) is 2. The standard InChI is InChI=1S/C11H12N2O2/c1-8-6-14-11(15-7-8)10-3-2-9(4-12)5-13-10/h2-3,5,8,11H,6-7H2,1H3. The zero-order chi connectivity index (χ0) is 10.7. The van der Waals surface area contributed by atoms with Gasteiger partial charge in [0.25, 0.3) is 0 Å². The maximum atomic E-state index is 8.62. The molecule has 1 fully saturated rings. The normalized spacial score (nSPS) is 25.9. The van der Waals surface area contributed by atoms with Crippen molar-refractivity contribution in [3.8, 4) is 6.07 Å². The first kappa shape index (κ1) is 10.1. The molecule has 0 atom stereocenters. The molecule has 1 aliphatic rings. The molecule has 2 rings (SSSR count). The molecule has 4 nitrogen and oxygen atoms in total. The third-order valence-corrected chi connectivity index (χ3v) is 2.22. The van der Waals surface area contributed by atoms with Gasteiger partial charge in [-0.3, -0.25) is 4.98 Å². The van der Waals surface area contributed by atoms with Gasteiger partial charge in [-0.05, 0) is 12.1 Å². The van der Waals surface area contributed by atoms with E-state index >= 15 is 0 Å². The molecule has 0 unspecified atom stereocenters. The molecule has 2 heterocycles. The number of rotatable bonds is 1. The zero-order valence-corrected chi connectivity index (χ0v) is 8.51. The van der Waals surface area contributed by atoms with Crippen LogP contribution in [0.5, 0.6) is 0 Å². The summed E-state index contributed by atoms with van der Waals surface area (Å²) in [5.41, 5.74) is 1.27. The van der Waals surface area contributed by atoms with Crippen LogP contribution in [0.1, 0.15) is 24.5 Å². The Labute approximate surface area is 88.5 Å². The number of hydrogen-bond acceptors (Lipinski definition) is 4. The van der Waals surface area contributed by atoms with Gasteiger partial charge in [0, 0.05) is 12.1 Å². The predicted molar refractivity (Wildman–Crippen MR) is 52.8 cm³/mol. The Morgan fingerprint density at radius 2 is 2.13 bits per heavy atom. The van der Waals surface area contributed by atoms with Crippen molar-refractivity contribution in [2.75, 3.05) is 13.2 Å². The van der Waals surface area contributed by atoms with Crippen molar-refractivity contribution in [2.45, 2.75) is 13.2 Å². The number of hydrogen-bond donors (Lipinski definition) is 0. The van der Waals surface area contributed by atoms with Gasteiger partial charge in [-0.25, -0.2) is 0 Å². The molecule has 0 radical (unpaired) electrons. The Morgan fingerprint density at radius 3 is 2.67 bits per heavy atom. The lowest BCUT2D eigenvalue weighted by atomic mass is 10.2. The monoisotopic (exact) mass is 204 g/mol. The Morgan fingerprint density at radius 1 is 1.40 bits per heavy atom. The van der Waals surface area contributed by atoms with E-state index in [9.17, 15) is 0 Å². The lowest BCUT2D eigenvalue weighted by molar-refractivity contribution is -0.204. The van der Waals surface area contributed by atoms with Gasteiger partial charge in [0.15, 0.2) is 0 Å². The third kappa shape index (κ3) is 2.32. The van der Waals surface area contributed by atoms with Crippen LogP contribution < -0.4 is 0 Å². The van der Waals surface area contributed by atoms with Crippen LogP contribution in [0.15, 0.2) is 18.3 Å². The van der Waals surface area contributed by atoms with Crippen molar-refractivity contribution in [1.82, 2.24) is 4.98 Å². The van der Waals surface area contributed by atoms with Gasteiger partial charge in [0.05, 0.1) is 24.5 Å². The van der Waals surface area contributed by atoms with E-state index in [0.29, 0.717) is 24.7 Å². The van der Waals surface area contributed by atoms with Gasteiger partial charge in [-0.1, -0.05) is 6.92 Å². The first-order chi connectivity index (χ1) is 7.29. The van der Waals surface area contributed by atoms with Gasteiger partial charge in [0.2, 0.25) is 6.29 Å². The highest BCUT2D eigenvalue weighted by atomic mass is 16.7. The van der Waals surface area contributed by atoms with Crippen LogP contribution >= 0.6 is 0 Å². The van der Waals surface area contributed by atoms with E-state index in [4.69, 9.17) is 14.7 Å². The highest BCUT2D eigenvalue weighted by Crippen LogP contribution is 2.23. The second-order valence-corrected chi connectivity index (χ2v) is 3.69. The van der Waals surface area contributed by atoms with E-state index in [1.54, 1.807) is 12.1 Å². The minimum Gasteiger partial charge on any atom is -0.347 e. The summed E-state index contributed by atoms with van der Waals surface area (Å²) in [6.45, 7) is 3.45. The largest absolute Gasteiger partial charge is 0.347 e. The van der Waals surface area contributed by atoms with Gasteiger partial charge in [-0.2, -0.15) is 5.26 Å². The van der Waals surface area contributed by atoms with Crippen molar-refractivity contribution in [2.24, 2.45) is 5.92 Å². The van der Waals surface area contributed by atoms with Crippen LogP contribution in [0.2, 0.25) is 0 Å². The summed E-state index contributed by atoms with van der Waals surface area (Å²) in [6, 6.07) is 5.50. The van der Waals surface area contributed by atoms with Crippen LogP contribution in [0.4, 0.5) is 0 Å². The molecule has 0 aromatic carbocycles. The molecule has 0 amide bonds. The molecule has 0 bridgehead atoms. The van der Waals surface area contributed by atoms with E-state index in [-0.39, 0.29) is 6.29 Å². The minimum atomic E-state index is -0.381. The Kier molecular flexibility index (Phi) is 2.95. The van der Waals surface area contributed by atoms with Crippen LogP contribution in [-0.2, 0) is 9.47 Å². The third-order valence-electron chi connectivity index (χ3n) is 2.22. The first-order valence-corrected chi connectivity index (χ1v) is 4.89. The second-order valence-electron chi connectivity index (χ2n) is 3.69. The summed E-state index contributed by atoms with van der Waals surface area (Å²) >= 11 is 0.